The maximum atomic E-state index is 5.57. The number of morpholine rings is 1. The highest BCUT2D eigenvalue weighted by Crippen LogP contribution is 2.30. The summed E-state index contributed by atoms with van der Waals surface area (Å²) in [6, 6.07) is 6.53. The smallest absolute Gasteiger partial charge is 0.158 e. The van der Waals surface area contributed by atoms with E-state index in [4.69, 9.17) is 19.2 Å². The number of aromatic nitrogens is 3. The Morgan fingerprint density at radius 1 is 1.14 bits per heavy atom. The number of nitrogens with zero attached hydrogens (tertiary/aromatic N) is 5. The molecule has 0 amide bonds. The quantitative estimate of drug-likeness (QED) is 0.676. The van der Waals surface area contributed by atoms with Crippen molar-refractivity contribution in [2.45, 2.75) is 39.2 Å². The first-order valence-electron chi connectivity index (χ1n) is 10.7. The van der Waals surface area contributed by atoms with Crippen LogP contribution in [0, 0.1) is 6.92 Å². The number of fused-ring (bicyclic) bond motifs is 1. The lowest BCUT2D eigenvalue weighted by Crippen LogP contribution is -2.49. The first kappa shape index (κ1) is 18.6. The second-order valence-electron chi connectivity index (χ2n) is 8.00. The molecular weight excluding hydrogens is 366 g/mol. The molecule has 7 heteroatoms. The van der Waals surface area contributed by atoms with Crippen molar-refractivity contribution in [2.24, 2.45) is 0 Å². The number of furan rings is 1. The molecular formula is C22H29N5O2. The molecule has 7 nitrogen and oxygen atoms in total. The molecule has 0 atom stereocenters. The van der Waals surface area contributed by atoms with E-state index >= 15 is 0 Å². The van der Waals surface area contributed by atoms with Gasteiger partial charge in [0.05, 0.1) is 19.5 Å². The molecule has 2 aliphatic heterocycles. The van der Waals surface area contributed by atoms with Gasteiger partial charge in [0, 0.05) is 49.5 Å². The Morgan fingerprint density at radius 2 is 1.93 bits per heavy atom. The molecule has 0 aromatic carbocycles. The molecule has 0 aliphatic carbocycles. The topological polar surface area (TPSA) is 59.0 Å². The minimum atomic E-state index is 0.662. The lowest BCUT2D eigenvalue weighted by atomic mass is 10.0. The predicted octanol–water partition coefficient (Wildman–Crippen LogP) is 3.16. The van der Waals surface area contributed by atoms with Crippen LogP contribution >= 0.6 is 0 Å². The van der Waals surface area contributed by atoms with Gasteiger partial charge < -0.3 is 14.1 Å². The van der Waals surface area contributed by atoms with Gasteiger partial charge in [0.2, 0.25) is 0 Å². The van der Waals surface area contributed by atoms with Crippen molar-refractivity contribution in [2.75, 3.05) is 44.3 Å². The Morgan fingerprint density at radius 3 is 2.62 bits per heavy atom. The molecule has 0 saturated carbocycles. The van der Waals surface area contributed by atoms with Crippen molar-refractivity contribution in [1.29, 1.82) is 0 Å². The van der Waals surface area contributed by atoms with Crippen LogP contribution in [0.25, 0.3) is 17.1 Å². The van der Waals surface area contributed by atoms with E-state index in [1.807, 2.05) is 22.7 Å². The zero-order chi connectivity index (χ0) is 19.8. The minimum Gasteiger partial charge on any atom is -0.463 e. The van der Waals surface area contributed by atoms with Gasteiger partial charge in [-0.3, -0.25) is 4.90 Å². The van der Waals surface area contributed by atoms with Crippen molar-refractivity contribution in [3.05, 3.63) is 35.7 Å². The Labute approximate surface area is 171 Å². The molecule has 3 aromatic heterocycles. The Bertz CT molecular complexity index is 967. The van der Waals surface area contributed by atoms with Gasteiger partial charge in [-0.2, -0.15) is 9.61 Å². The number of rotatable bonds is 4. The van der Waals surface area contributed by atoms with Gasteiger partial charge in [-0.1, -0.05) is 6.92 Å². The lowest BCUT2D eigenvalue weighted by molar-refractivity contribution is 0.0114. The zero-order valence-electron chi connectivity index (χ0n) is 17.3. The van der Waals surface area contributed by atoms with Crippen LogP contribution in [0.2, 0.25) is 0 Å². The Hall–Kier alpha value is -2.38. The maximum Gasteiger partial charge on any atom is 0.158 e. The van der Waals surface area contributed by atoms with Crippen molar-refractivity contribution in [3.8, 4) is 11.5 Å². The number of aryl methyl sites for hydroxylation is 1. The molecule has 2 aliphatic rings. The van der Waals surface area contributed by atoms with Crippen LogP contribution in [-0.2, 0) is 11.2 Å². The van der Waals surface area contributed by atoms with E-state index in [1.54, 1.807) is 6.26 Å². The summed E-state index contributed by atoms with van der Waals surface area (Å²) in [5.41, 5.74) is 4.10. The third-order valence-corrected chi connectivity index (χ3v) is 6.33. The van der Waals surface area contributed by atoms with Crippen LogP contribution in [0.1, 0.15) is 31.0 Å². The third kappa shape index (κ3) is 3.42. The average Bonchev–Trinajstić information content (AvgIpc) is 3.43. The van der Waals surface area contributed by atoms with E-state index in [0.29, 0.717) is 6.04 Å². The van der Waals surface area contributed by atoms with Crippen LogP contribution in [0.3, 0.4) is 0 Å². The van der Waals surface area contributed by atoms with Crippen LogP contribution in [0.4, 0.5) is 5.82 Å². The first-order valence-corrected chi connectivity index (χ1v) is 10.7. The third-order valence-electron chi connectivity index (χ3n) is 6.33. The number of ether oxygens (including phenoxy) is 1. The number of anilines is 1. The predicted molar refractivity (Wildman–Crippen MR) is 112 cm³/mol. The standard InChI is InChI=1S/C22H29N5O2/c1-3-18-16(2)23-21-15-19(20-5-4-12-29-20)24-27(21)22(18)26-8-6-17(7-9-26)25-10-13-28-14-11-25/h4-5,12,15,17H,3,6-11,13-14H2,1-2H3. The van der Waals surface area contributed by atoms with Gasteiger partial charge >= 0.3 is 0 Å². The van der Waals surface area contributed by atoms with Crippen molar-refractivity contribution >= 4 is 11.5 Å². The summed E-state index contributed by atoms with van der Waals surface area (Å²) >= 11 is 0. The summed E-state index contributed by atoms with van der Waals surface area (Å²) in [6.07, 6.45) is 4.99. The van der Waals surface area contributed by atoms with E-state index in [2.05, 4.69) is 23.6 Å². The number of piperidine rings is 1. The summed E-state index contributed by atoms with van der Waals surface area (Å²) in [6.45, 7) is 10.3. The molecule has 5 heterocycles. The monoisotopic (exact) mass is 395 g/mol. The van der Waals surface area contributed by atoms with Crippen molar-refractivity contribution in [3.63, 3.8) is 0 Å². The minimum absolute atomic E-state index is 0.662. The fourth-order valence-electron chi connectivity index (χ4n) is 4.80. The van der Waals surface area contributed by atoms with E-state index in [-0.39, 0.29) is 0 Å². The van der Waals surface area contributed by atoms with Gasteiger partial charge in [0.1, 0.15) is 11.5 Å². The summed E-state index contributed by atoms with van der Waals surface area (Å²) in [4.78, 5) is 9.95. The highest BCUT2D eigenvalue weighted by atomic mass is 16.5. The second-order valence-corrected chi connectivity index (χ2v) is 8.00. The average molecular weight is 396 g/mol. The van der Waals surface area contributed by atoms with Crippen molar-refractivity contribution in [1.82, 2.24) is 19.5 Å². The van der Waals surface area contributed by atoms with Gasteiger partial charge in [0.25, 0.3) is 0 Å². The fourth-order valence-corrected chi connectivity index (χ4v) is 4.80. The zero-order valence-corrected chi connectivity index (χ0v) is 17.3. The first-order chi connectivity index (χ1) is 14.2. The molecule has 2 fully saturated rings. The van der Waals surface area contributed by atoms with Gasteiger partial charge in [-0.25, -0.2) is 4.98 Å². The SMILES string of the molecule is CCc1c(C)nc2cc(-c3ccco3)nn2c1N1CCC(N2CCOCC2)CC1. The van der Waals surface area contributed by atoms with E-state index in [0.717, 1.165) is 68.6 Å². The summed E-state index contributed by atoms with van der Waals surface area (Å²) in [5.74, 6) is 1.98. The molecule has 5 rings (SSSR count). The summed E-state index contributed by atoms with van der Waals surface area (Å²) in [5, 5.41) is 4.88. The Kier molecular flexibility index (Phi) is 5.01. The molecule has 2 saturated heterocycles. The maximum absolute atomic E-state index is 5.57. The molecule has 0 radical (unpaired) electrons. The van der Waals surface area contributed by atoms with E-state index < -0.39 is 0 Å². The lowest BCUT2D eigenvalue weighted by Gasteiger charge is -2.41. The molecule has 0 bridgehead atoms. The summed E-state index contributed by atoms with van der Waals surface area (Å²) in [7, 11) is 0. The molecule has 3 aromatic rings. The van der Waals surface area contributed by atoms with E-state index in [9.17, 15) is 0 Å². The van der Waals surface area contributed by atoms with Crippen molar-refractivity contribution < 1.29 is 9.15 Å². The number of hydrogen-bond donors (Lipinski definition) is 0. The summed E-state index contributed by atoms with van der Waals surface area (Å²) < 4.78 is 13.1. The number of hydrogen-bond acceptors (Lipinski definition) is 6. The van der Waals surface area contributed by atoms with E-state index in [1.165, 1.54) is 24.2 Å². The molecule has 0 unspecified atom stereocenters. The van der Waals surface area contributed by atoms with Gasteiger partial charge in [0.15, 0.2) is 11.4 Å². The normalized spacial score (nSPS) is 19.3. The highest BCUT2D eigenvalue weighted by molar-refractivity contribution is 5.64. The van der Waals surface area contributed by atoms with Crippen LogP contribution in [0.5, 0.6) is 0 Å². The molecule has 0 spiro atoms. The molecule has 0 N–H and O–H groups in total. The van der Waals surface area contributed by atoms with Crippen LogP contribution in [-0.4, -0.2) is 64.9 Å². The second kappa shape index (κ2) is 7.80. The fraction of sp³-hybridized carbons (Fsp3) is 0.545. The molecule has 154 valence electrons. The van der Waals surface area contributed by atoms with Gasteiger partial charge in [-0.15, -0.1) is 0 Å². The van der Waals surface area contributed by atoms with Gasteiger partial charge in [-0.05, 0) is 38.3 Å². The Balaban J connectivity index is 1.47. The molecule has 29 heavy (non-hydrogen) atoms. The largest absolute Gasteiger partial charge is 0.463 e. The van der Waals surface area contributed by atoms with Crippen LogP contribution < -0.4 is 4.90 Å². The van der Waals surface area contributed by atoms with Crippen LogP contribution in [0.15, 0.2) is 28.9 Å². The highest BCUT2D eigenvalue weighted by Gasteiger charge is 2.28.